The summed E-state index contributed by atoms with van der Waals surface area (Å²) >= 11 is 0. The Kier molecular flexibility index (Phi) is 7.71. The van der Waals surface area contributed by atoms with Gasteiger partial charge in [0.1, 0.15) is 0 Å². The van der Waals surface area contributed by atoms with Gasteiger partial charge in [-0.2, -0.15) is 4.31 Å². The quantitative estimate of drug-likeness (QED) is 0.694. The summed E-state index contributed by atoms with van der Waals surface area (Å²) in [5.74, 6) is 0. The molecule has 0 unspecified atom stereocenters. The molecule has 25 heavy (non-hydrogen) atoms. The molecule has 2 amide bonds. The lowest BCUT2D eigenvalue weighted by Crippen LogP contribution is -2.36. The van der Waals surface area contributed by atoms with Gasteiger partial charge in [-0.25, -0.2) is 13.2 Å². The predicted octanol–water partition coefficient (Wildman–Crippen LogP) is 2.85. The molecular formula is C18H29N3O3S. The number of carbonyl (C=O) groups is 1. The molecule has 140 valence electrons. The van der Waals surface area contributed by atoms with Crippen LogP contribution in [-0.2, 0) is 16.6 Å². The molecule has 1 saturated heterocycles. The number of amides is 2. The molecule has 7 heteroatoms. The number of rotatable bonds is 8. The average molecular weight is 368 g/mol. The highest BCUT2D eigenvalue weighted by atomic mass is 32.2. The molecule has 1 heterocycles. The first-order valence-corrected chi connectivity index (χ1v) is 10.6. The molecule has 1 fully saturated rings. The fourth-order valence-electron chi connectivity index (χ4n) is 2.86. The molecular weight excluding hydrogens is 338 g/mol. The van der Waals surface area contributed by atoms with Crippen molar-refractivity contribution < 1.29 is 13.2 Å². The van der Waals surface area contributed by atoms with E-state index in [0.29, 0.717) is 31.1 Å². The third-order valence-corrected chi connectivity index (χ3v) is 6.31. The first-order valence-electron chi connectivity index (χ1n) is 9.15. The fourth-order valence-corrected chi connectivity index (χ4v) is 4.37. The van der Waals surface area contributed by atoms with Gasteiger partial charge in [0.25, 0.3) is 0 Å². The summed E-state index contributed by atoms with van der Waals surface area (Å²) in [4.78, 5) is 12.0. The molecule has 0 bridgehead atoms. The minimum Gasteiger partial charge on any atom is -0.338 e. The van der Waals surface area contributed by atoms with Crippen molar-refractivity contribution in [2.24, 2.45) is 0 Å². The van der Waals surface area contributed by atoms with Gasteiger partial charge in [0.2, 0.25) is 10.0 Å². The van der Waals surface area contributed by atoms with Gasteiger partial charge < -0.3 is 10.6 Å². The van der Waals surface area contributed by atoms with Crippen LogP contribution in [0.2, 0.25) is 0 Å². The number of hydrogen-bond acceptors (Lipinski definition) is 3. The molecule has 1 aromatic carbocycles. The Morgan fingerprint density at radius 3 is 2.36 bits per heavy atom. The van der Waals surface area contributed by atoms with Crippen LogP contribution in [0.5, 0.6) is 0 Å². The van der Waals surface area contributed by atoms with E-state index in [-0.39, 0.29) is 6.03 Å². The van der Waals surface area contributed by atoms with Crippen LogP contribution >= 0.6 is 0 Å². The van der Waals surface area contributed by atoms with Crippen LogP contribution in [0, 0.1) is 0 Å². The Morgan fingerprint density at radius 2 is 1.72 bits per heavy atom. The molecule has 0 radical (unpaired) electrons. The van der Waals surface area contributed by atoms with Crippen molar-refractivity contribution in [3.63, 3.8) is 0 Å². The lowest BCUT2D eigenvalue weighted by Gasteiger charge is -2.25. The van der Waals surface area contributed by atoms with Crippen molar-refractivity contribution in [1.29, 1.82) is 0 Å². The van der Waals surface area contributed by atoms with Crippen LogP contribution in [0.3, 0.4) is 0 Å². The van der Waals surface area contributed by atoms with E-state index < -0.39 is 10.0 Å². The maximum atomic E-state index is 12.6. The molecule has 0 atom stereocenters. The van der Waals surface area contributed by atoms with Crippen molar-refractivity contribution >= 4 is 16.1 Å². The molecule has 1 aliphatic rings. The largest absolute Gasteiger partial charge is 0.338 e. The van der Waals surface area contributed by atoms with E-state index in [1.807, 2.05) is 0 Å². The Bertz CT molecular complexity index is 638. The van der Waals surface area contributed by atoms with E-state index in [4.69, 9.17) is 0 Å². The maximum Gasteiger partial charge on any atom is 0.315 e. The first-order chi connectivity index (χ1) is 12.0. The molecule has 2 N–H and O–H groups in total. The Labute approximate surface area is 151 Å². The van der Waals surface area contributed by atoms with Gasteiger partial charge in [0, 0.05) is 26.2 Å². The molecule has 0 spiro atoms. The number of unbranched alkanes of at least 4 members (excludes halogenated alkanes) is 2. The van der Waals surface area contributed by atoms with Gasteiger partial charge in [0.05, 0.1) is 4.90 Å². The topological polar surface area (TPSA) is 78.5 Å². The first kappa shape index (κ1) is 19.7. The number of hydrogen-bond donors (Lipinski definition) is 2. The predicted molar refractivity (Wildman–Crippen MR) is 98.8 cm³/mol. The van der Waals surface area contributed by atoms with Gasteiger partial charge in [-0.05, 0) is 37.0 Å². The summed E-state index contributed by atoms with van der Waals surface area (Å²) in [6.07, 6.45) is 6.15. The van der Waals surface area contributed by atoms with Crippen LogP contribution in [0.1, 0.15) is 51.0 Å². The number of piperidine rings is 1. The summed E-state index contributed by atoms with van der Waals surface area (Å²) in [6.45, 7) is 4.37. The number of nitrogens with one attached hydrogen (secondary N) is 2. The second-order valence-electron chi connectivity index (χ2n) is 6.43. The Hall–Kier alpha value is -1.60. The number of urea groups is 1. The fraction of sp³-hybridized carbons (Fsp3) is 0.611. The number of carbonyl (C=O) groups excluding carboxylic acids is 1. The zero-order chi connectivity index (χ0) is 18.1. The van der Waals surface area contributed by atoms with Crippen molar-refractivity contribution in [2.75, 3.05) is 19.6 Å². The zero-order valence-electron chi connectivity index (χ0n) is 15.0. The number of sulfonamides is 1. The van der Waals surface area contributed by atoms with Crippen molar-refractivity contribution in [3.8, 4) is 0 Å². The minimum absolute atomic E-state index is 0.193. The van der Waals surface area contributed by atoms with Gasteiger partial charge in [-0.1, -0.05) is 38.3 Å². The molecule has 6 nitrogen and oxygen atoms in total. The molecule has 0 saturated carbocycles. The highest BCUT2D eigenvalue weighted by Crippen LogP contribution is 2.20. The Morgan fingerprint density at radius 1 is 1.04 bits per heavy atom. The van der Waals surface area contributed by atoms with E-state index in [1.54, 1.807) is 28.6 Å². The monoisotopic (exact) mass is 367 g/mol. The average Bonchev–Trinajstić information content (AvgIpc) is 2.64. The van der Waals surface area contributed by atoms with Crippen LogP contribution < -0.4 is 10.6 Å². The van der Waals surface area contributed by atoms with Gasteiger partial charge in [-0.15, -0.1) is 0 Å². The Balaban J connectivity index is 1.84. The van der Waals surface area contributed by atoms with Crippen LogP contribution in [0.4, 0.5) is 4.79 Å². The van der Waals surface area contributed by atoms with E-state index >= 15 is 0 Å². The summed E-state index contributed by atoms with van der Waals surface area (Å²) in [5, 5.41) is 5.60. The summed E-state index contributed by atoms with van der Waals surface area (Å²) in [7, 11) is -3.39. The molecule has 0 aliphatic carbocycles. The highest BCUT2D eigenvalue weighted by molar-refractivity contribution is 7.89. The van der Waals surface area contributed by atoms with Crippen LogP contribution in [0.25, 0.3) is 0 Å². The highest BCUT2D eigenvalue weighted by Gasteiger charge is 2.25. The molecule has 0 aromatic heterocycles. The second-order valence-corrected chi connectivity index (χ2v) is 8.36. The third-order valence-electron chi connectivity index (χ3n) is 4.40. The third kappa shape index (κ3) is 6.01. The summed E-state index contributed by atoms with van der Waals surface area (Å²) in [6, 6.07) is 6.57. The van der Waals surface area contributed by atoms with Crippen molar-refractivity contribution in [2.45, 2.75) is 56.9 Å². The molecule has 1 aliphatic heterocycles. The lowest BCUT2D eigenvalue weighted by molar-refractivity contribution is 0.240. The summed E-state index contributed by atoms with van der Waals surface area (Å²) in [5.41, 5.74) is 0.876. The van der Waals surface area contributed by atoms with Crippen molar-refractivity contribution in [3.05, 3.63) is 29.8 Å². The maximum absolute atomic E-state index is 12.6. The van der Waals surface area contributed by atoms with Gasteiger partial charge in [0.15, 0.2) is 0 Å². The SMILES string of the molecule is CCCCCNC(=O)NCc1ccc(S(=O)(=O)N2CCCCC2)cc1. The van der Waals surface area contributed by atoms with Gasteiger partial charge in [-0.3, -0.25) is 0 Å². The summed E-state index contributed by atoms with van der Waals surface area (Å²) < 4.78 is 26.7. The van der Waals surface area contributed by atoms with E-state index in [9.17, 15) is 13.2 Å². The number of nitrogens with zero attached hydrogens (tertiary/aromatic N) is 1. The van der Waals surface area contributed by atoms with Crippen LogP contribution in [0.15, 0.2) is 29.2 Å². The van der Waals surface area contributed by atoms with Crippen LogP contribution in [-0.4, -0.2) is 38.4 Å². The van der Waals surface area contributed by atoms with Gasteiger partial charge >= 0.3 is 6.03 Å². The van der Waals surface area contributed by atoms with Crippen molar-refractivity contribution in [1.82, 2.24) is 14.9 Å². The normalized spacial score (nSPS) is 15.7. The molecule has 1 aromatic rings. The van der Waals surface area contributed by atoms with E-state index in [1.165, 1.54) is 0 Å². The van der Waals surface area contributed by atoms with E-state index in [2.05, 4.69) is 17.6 Å². The molecule has 2 rings (SSSR count). The lowest BCUT2D eigenvalue weighted by atomic mass is 10.2. The second kappa shape index (κ2) is 9.77. The smallest absolute Gasteiger partial charge is 0.315 e. The standard InChI is InChI=1S/C18H29N3O3S/c1-2-3-5-12-19-18(22)20-15-16-8-10-17(11-9-16)25(23,24)21-13-6-4-7-14-21/h8-11H,2-7,12-15H2,1H3,(H2,19,20,22). The van der Waals surface area contributed by atoms with E-state index in [0.717, 1.165) is 44.1 Å². The number of benzene rings is 1. The minimum atomic E-state index is -3.39. The zero-order valence-corrected chi connectivity index (χ0v) is 15.8.